The summed E-state index contributed by atoms with van der Waals surface area (Å²) in [6.07, 6.45) is -2.55. The summed E-state index contributed by atoms with van der Waals surface area (Å²) in [4.78, 5) is 1.99. The van der Waals surface area contributed by atoms with E-state index in [4.69, 9.17) is 0 Å². The van der Waals surface area contributed by atoms with Crippen LogP contribution in [0.5, 0.6) is 0 Å². The Bertz CT molecular complexity index is 727. The highest BCUT2D eigenvalue weighted by atomic mass is 19.4. The predicted molar refractivity (Wildman–Crippen MR) is 83.9 cm³/mol. The summed E-state index contributed by atoms with van der Waals surface area (Å²) in [5, 5.41) is 9.02. The molecule has 3 rings (SSSR count). The van der Waals surface area contributed by atoms with E-state index in [1.807, 2.05) is 49.3 Å². The summed E-state index contributed by atoms with van der Waals surface area (Å²) in [5.41, 5.74) is 2.54. The Balaban J connectivity index is 1.95. The lowest BCUT2D eigenvalue weighted by molar-refractivity contribution is -0.141. The van der Waals surface area contributed by atoms with Crippen LogP contribution in [0.3, 0.4) is 0 Å². The first kappa shape index (κ1) is 15.6. The van der Waals surface area contributed by atoms with Gasteiger partial charge in [-0.05, 0) is 29.3 Å². The van der Waals surface area contributed by atoms with Crippen LogP contribution in [0.2, 0.25) is 0 Å². The molecule has 1 aliphatic rings. The lowest BCUT2D eigenvalue weighted by atomic mass is 9.99. The molecule has 23 heavy (non-hydrogen) atoms. The molecule has 2 aromatic rings. The topological polar surface area (TPSA) is 44.0 Å². The minimum atomic E-state index is -4.42. The lowest BCUT2D eigenvalue weighted by Gasteiger charge is -2.17. The summed E-state index contributed by atoms with van der Waals surface area (Å²) in [6, 6.07) is 7.81. The minimum absolute atomic E-state index is 0.164. The highest BCUT2D eigenvalue weighted by Gasteiger charge is 2.38. The van der Waals surface area contributed by atoms with Gasteiger partial charge in [-0.15, -0.1) is 0 Å². The third kappa shape index (κ3) is 3.10. The van der Waals surface area contributed by atoms with E-state index in [9.17, 15) is 13.2 Å². The van der Waals surface area contributed by atoms with E-state index >= 15 is 0 Å². The Morgan fingerprint density at radius 2 is 1.83 bits per heavy atom. The number of hydrogen-bond donors (Lipinski definition) is 2. The van der Waals surface area contributed by atoms with Crippen molar-refractivity contribution in [3.8, 4) is 0 Å². The number of fused-ring (bicyclic) bond motifs is 1. The molecular formula is C16H17F3N4. The average Bonchev–Trinajstić information content (AvgIpc) is 2.93. The van der Waals surface area contributed by atoms with E-state index in [-0.39, 0.29) is 12.1 Å². The monoisotopic (exact) mass is 322 g/mol. The Morgan fingerprint density at radius 3 is 2.43 bits per heavy atom. The van der Waals surface area contributed by atoms with Gasteiger partial charge in [0.15, 0.2) is 0 Å². The highest BCUT2D eigenvalue weighted by Crippen LogP contribution is 2.35. The predicted octanol–water partition coefficient (Wildman–Crippen LogP) is 3.14. The van der Waals surface area contributed by atoms with Crippen LogP contribution in [-0.4, -0.2) is 30.8 Å². The Morgan fingerprint density at radius 1 is 1.13 bits per heavy atom. The molecule has 0 atom stereocenters. The van der Waals surface area contributed by atoms with Crippen molar-refractivity contribution in [3.63, 3.8) is 0 Å². The van der Waals surface area contributed by atoms with E-state index in [1.54, 1.807) is 0 Å². The van der Waals surface area contributed by atoms with Crippen LogP contribution >= 0.6 is 0 Å². The normalized spacial score (nSPS) is 16.5. The van der Waals surface area contributed by atoms with E-state index in [0.29, 0.717) is 12.2 Å². The largest absolute Gasteiger partial charge is 0.433 e. The average molecular weight is 322 g/mol. The van der Waals surface area contributed by atoms with Crippen LogP contribution in [0, 0.1) is 0 Å². The van der Waals surface area contributed by atoms with Gasteiger partial charge in [-0.1, -0.05) is 12.1 Å². The fraction of sp³-hybridized carbons (Fsp3) is 0.312. The molecule has 0 unspecified atom stereocenters. The standard InChI is InChI=1S/C16H17F3N4/c1-23(2)12-5-3-10(4-6-12)7-11-8-20-9-13-14(11)21-22-15(13)16(17,18)19/h3-7,20H,8-9H2,1-2H3,(H,21,22)/b11-7+. The fourth-order valence-electron chi connectivity index (χ4n) is 2.63. The highest BCUT2D eigenvalue weighted by molar-refractivity contribution is 5.83. The number of nitrogens with zero attached hydrogens (tertiary/aromatic N) is 2. The number of alkyl halides is 3. The number of aromatic amines is 1. The SMILES string of the molecule is CN(C)c1ccc(/C=C2\CNCc3c2n[nH]c3C(F)(F)F)cc1. The Hall–Kier alpha value is -2.28. The first-order valence-electron chi connectivity index (χ1n) is 7.20. The van der Waals surface area contributed by atoms with Crippen molar-refractivity contribution in [1.29, 1.82) is 0 Å². The molecule has 0 bridgehead atoms. The van der Waals surface area contributed by atoms with Gasteiger partial charge < -0.3 is 10.2 Å². The molecule has 0 amide bonds. The van der Waals surface area contributed by atoms with E-state index in [1.165, 1.54) is 0 Å². The van der Waals surface area contributed by atoms with Crippen molar-refractivity contribution in [2.45, 2.75) is 12.7 Å². The van der Waals surface area contributed by atoms with Gasteiger partial charge in [-0.25, -0.2) is 0 Å². The number of aromatic nitrogens is 2. The second-order valence-electron chi connectivity index (χ2n) is 5.68. The van der Waals surface area contributed by atoms with Crippen molar-refractivity contribution in [2.75, 3.05) is 25.5 Å². The van der Waals surface area contributed by atoms with Gasteiger partial charge in [0.1, 0.15) is 5.69 Å². The van der Waals surface area contributed by atoms with Gasteiger partial charge in [0.25, 0.3) is 0 Å². The molecule has 1 aliphatic heterocycles. The molecule has 0 radical (unpaired) electrons. The molecule has 2 N–H and O–H groups in total. The number of H-pyrrole nitrogens is 1. The van der Waals surface area contributed by atoms with Crippen LogP contribution in [0.15, 0.2) is 24.3 Å². The molecule has 7 heteroatoms. The molecule has 2 heterocycles. The summed E-state index contributed by atoms with van der Waals surface area (Å²) in [6.45, 7) is 0.655. The van der Waals surface area contributed by atoms with E-state index in [2.05, 4.69) is 15.5 Å². The third-order valence-corrected chi connectivity index (χ3v) is 3.82. The Kier molecular flexibility index (Phi) is 3.89. The summed E-state index contributed by atoms with van der Waals surface area (Å²) in [5.74, 6) is 0. The van der Waals surface area contributed by atoms with Crippen molar-refractivity contribution >= 4 is 17.3 Å². The number of rotatable bonds is 2. The molecule has 0 aliphatic carbocycles. The van der Waals surface area contributed by atoms with E-state index < -0.39 is 11.9 Å². The summed E-state index contributed by atoms with van der Waals surface area (Å²) >= 11 is 0. The molecule has 1 aromatic carbocycles. The number of nitrogens with one attached hydrogen (secondary N) is 2. The second kappa shape index (κ2) is 5.73. The molecule has 0 saturated heterocycles. The van der Waals surface area contributed by atoms with Crippen LogP contribution in [0.1, 0.15) is 22.5 Å². The third-order valence-electron chi connectivity index (χ3n) is 3.82. The first-order valence-corrected chi connectivity index (χ1v) is 7.20. The maximum atomic E-state index is 13.0. The zero-order chi connectivity index (χ0) is 16.6. The van der Waals surface area contributed by atoms with Gasteiger partial charge in [-0.3, -0.25) is 5.10 Å². The molecule has 0 fully saturated rings. The quantitative estimate of drug-likeness (QED) is 0.893. The summed E-state index contributed by atoms with van der Waals surface area (Å²) < 4.78 is 38.9. The van der Waals surface area contributed by atoms with Gasteiger partial charge >= 0.3 is 6.18 Å². The van der Waals surface area contributed by atoms with Gasteiger partial charge in [-0.2, -0.15) is 18.3 Å². The van der Waals surface area contributed by atoms with E-state index in [0.717, 1.165) is 16.8 Å². The van der Waals surface area contributed by atoms with Crippen molar-refractivity contribution < 1.29 is 13.2 Å². The summed E-state index contributed by atoms with van der Waals surface area (Å²) in [7, 11) is 3.90. The Labute approximate surface area is 132 Å². The van der Waals surface area contributed by atoms with Crippen molar-refractivity contribution in [1.82, 2.24) is 15.5 Å². The molecule has 1 aromatic heterocycles. The molecule has 0 spiro atoms. The van der Waals surface area contributed by atoms with Crippen LogP contribution in [0.25, 0.3) is 11.6 Å². The second-order valence-corrected chi connectivity index (χ2v) is 5.68. The minimum Gasteiger partial charge on any atom is -0.378 e. The maximum Gasteiger partial charge on any atom is 0.433 e. The zero-order valence-corrected chi connectivity index (χ0v) is 12.8. The molecular weight excluding hydrogens is 305 g/mol. The lowest BCUT2D eigenvalue weighted by Crippen LogP contribution is -2.24. The zero-order valence-electron chi connectivity index (χ0n) is 12.8. The van der Waals surface area contributed by atoms with Gasteiger partial charge in [0, 0.05) is 38.4 Å². The smallest absolute Gasteiger partial charge is 0.378 e. The maximum absolute atomic E-state index is 13.0. The molecule has 0 saturated carbocycles. The number of anilines is 1. The number of benzene rings is 1. The fourth-order valence-corrected chi connectivity index (χ4v) is 2.63. The van der Waals surface area contributed by atoms with Crippen LogP contribution in [-0.2, 0) is 12.7 Å². The van der Waals surface area contributed by atoms with Crippen molar-refractivity contribution in [3.05, 3.63) is 46.8 Å². The van der Waals surface area contributed by atoms with Gasteiger partial charge in [0.2, 0.25) is 0 Å². The van der Waals surface area contributed by atoms with Crippen molar-refractivity contribution in [2.24, 2.45) is 0 Å². The first-order chi connectivity index (χ1) is 10.9. The molecule has 122 valence electrons. The molecule has 4 nitrogen and oxygen atoms in total. The number of halogens is 3. The van der Waals surface area contributed by atoms with Gasteiger partial charge in [0.05, 0.1) is 5.69 Å². The van der Waals surface area contributed by atoms with Crippen LogP contribution in [0.4, 0.5) is 18.9 Å². The number of hydrogen-bond acceptors (Lipinski definition) is 3. The van der Waals surface area contributed by atoms with Crippen LogP contribution < -0.4 is 10.2 Å².